The average molecular weight is 258 g/mol. The number of hydrogen-bond acceptors (Lipinski definition) is 4. The predicted molar refractivity (Wildman–Crippen MR) is 75.0 cm³/mol. The number of rotatable bonds is 10. The molecule has 2 atom stereocenters. The van der Waals surface area contributed by atoms with Crippen molar-refractivity contribution < 1.29 is 9.47 Å². The second-order valence-electron chi connectivity index (χ2n) is 4.97. The Morgan fingerprint density at radius 3 is 2.89 bits per heavy atom. The Hall–Kier alpha value is -0.160. The molecule has 0 aromatic carbocycles. The van der Waals surface area contributed by atoms with Gasteiger partial charge in [0.25, 0.3) is 0 Å². The maximum absolute atomic E-state index is 5.60. The van der Waals surface area contributed by atoms with E-state index in [1.807, 2.05) is 6.92 Å². The maximum Gasteiger partial charge on any atom is 0.0700 e. The first kappa shape index (κ1) is 15.9. The summed E-state index contributed by atoms with van der Waals surface area (Å²) in [4.78, 5) is 2.46. The molecule has 1 rings (SSSR count). The van der Waals surface area contributed by atoms with Gasteiger partial charge in [-0.05, 0) is 33.2 Å². The van der Waals surface area contributed by atoms with Crippen molar-refractivity contribution in [3.63, 3.8) is 0 Å². The largest absolute Gasteiger partial charge is 0.380 e. The van der Waals surface area contributed by atoms with Gasteiger partial charge in [-0.2, -0.15) is 0 Å². The van der Waals surface area contributed by atoms with Crippen LogP contribution in [0.25, 0.3) is 0 Å². The number of likely N-dealkylation sites (N-methyl/N-ethyl adjacent to an activating group) is 1. The van der Waals surface area contributed by atoms with E-state index in [2.05, 4.69) is 24.1 Å². The van der Waals surface area contributed by atoms with Gasteiger partial charge in [-0.25, -0.2) is 0 Å². The molecule has 1 N–H and O–H groups in total. The fourth-order valence-electron chi connectivity index (χ4n) is 2.40. The first-order valence-electron chi connectivity index (χ1n) is 7.42. The van der Waals surface area contributed by atoms with Crippen molar-refractivity contribution in [2.45, 2.75) is 45.8 Å². The highest BCUT2D eigenvalue weighted by atomic mass is 16.5. The highest BCUT2D eigenvalue weighted by Gasteiger charge is 2.16. The molecule has 1 aliphatic heterocycles. The van der Waals surface area contributed by atoms with Gasteiger partial charge < -0.3 is 14.8 Å². The zero-order valence-corrected chi connectivity index (χ0v) is 12.3. The van der Waals surface area contributed by atoms with Crippen LogP contribution in [-0.4, -0.2) is 63.0 Å². The van der Waals surface area contributed by atoms with Crippen LogP contribution < -0.4 is 5.32 Å². The minimum Gasteiger partial charge on any atom is -0.380 e. The SMILES string of the molecule is CCOCCN(CC)C(C)CNCC1CCCO1. The Labute approximate surface area is 112 Å². The standard InChI is InChI=1S/C14H30N2O2/c1-4-16(8-10-17-5-2)13(3)11-15-12-14-7-6-9-18-14/h13-15H,4-12H2,1-3H3. The van der Waals surface area contributed by atoms with Crippen molar-refractivity contribution in [2.24, 2.45) is 0 Å². The Bertz CT molecular complexity index is 196. The van der Waals surface area contributed by atoms with Crippen molar-refractivity contribution in [1.29, 1.82) is 0 Å². The molecule has 2 unspecified atom stereocenters. The summed E-state index contributed by atoms with van der Waals surface area (Å²) in [6.45, 7) is 13.2. The van der Waals surface area contributed by atoms with Gasteiger partial charge in [0.1, 0.15) is 0 Å². The number of nitrogens with one attached hydrogen (secondary N) is 1. The lowest BCUT2D eigenvalue weighted by molar-refractivity contribution is 0.0931. The summed E-state index contributed by atoms with van der Waals surface area (Å²) >= 11 is 0. The third kappa shape index (κ3) is 6.14. The van der Waals surface area contributed by atoms with E-state index in [-0.39, 0.29) is 0 Å². The van der Waals surface area contributed by atoms with Crippen molar-refractivity contribution in [2.75, 3.05) is 46.0 Å². The normalized spacial score (nSPS) is 21.7. The Kier molecular flexibility index (Phi) is 8.59. The third-order valence-corrected chi connectivity index (χ3v) is 3.59. The number of hydrogen-bond donors (Lipinski definition) is 1. The molecule has 1 aliphatic rings. The highest BCUT2D eigenvalue weighted by Crippen LogP contribution is 2.10. The van der Waals surface area contributed by atoms with Crippen LogP contribution in [0.3, 0.4) is 0 Å². The van der Waals surface area contributed by atoms with Crippen molar-refractivity contribution >= 4 is 0 Å². The van der Waals surface area contributed by atoms with Crippen LogP contribution in [0, 0.1) is 0 Å². The lowest BCUT2D eigenvalue weighted by atomic mass is 10.2. The van der Waals surface area contributed by atoms with Gasteiger partial charge in [-0.1, -0.05) is 6.92 Å². The molecule has 18 heavy (non-hydrogen) atoms. The molecule has 0 radical (unpaired) electrons. The molecule has 0 aromatic heterocycles. The predicted octanol–water partition coefficient (Wildman–Crippen LogP) is 1.50. The molecular formula is C14H30N2O2. The number of nitrogens with zero attached hydrogens (tertiary/aromatic N) is 1. The van der Waals surface area contributed by atoms with E-state index < -0.39 is 0 Å². The second kappa shape index (κ2) is 9.73. The summed E-state index contributed by atoms with van der Waals surface area (Å²) in [5.41, 5.74) is 0. The molecule has 0 spiro atoms. The van der Waals surface area contributed by atoms with E-state index in [0.717, 1.165) is 46.0 Å². The van der Waals surface area contributed by atoms with Gasteiger partial charge in [-0.15, -0.1) is 0 Å². The van der Waals surface area contributed by atoms with E-state index in [1.54, 1.807) is 0 Å². The molecule has 0 saturated carbocycles. The zero-order valence-electron chi connectivity index (χ0n) is 12.3. The van der Waals surface area contributed by atoms with Crippen molar-refractivity contribution in [3.05, 3.63) is 0 Å². The fraction of sp³-hybridized carbons (Fsp3) is 1.00. The van der Waals surface area contributed by atoms with Gasteiger partial charge in [-0.3, -0.25) is 4.90 Å². The molecular weight excluding hydrogens is 228 g/mol. The molecule has 1 heterocycles. The van der Waals surface area contributed by atoms with E-state index >= 15 is 0 Å². The average Bonchev–Trinajstić information content (AvgIpc) is 2.87. The van der Waals surface area contributed by atoms with Gasteiger partial charge in [0.2, 0.25) is 0 Å². The summed E-state index contributed by atoms with van der Waals surface area (Å²) in [6.07, 6.45) is 2.87. The van der Waals surface area contributed by atoms with Gasteiger partial charge in [0.15, 0.2) is 0 Å². The second-order valence-corrected chi connectivity index (χ2v) is 4.97. The molecule has 0 aromatic rings. The summed E-state index contributed by atoms with van der Waals surface area (Å²) in [5.74, 6) is 0. The zero-order chi connectivity index (χ0) is 13.2. The minimum atomic E-state index is 0.440. The Morgan fingerprint density at radius 2 is 2.28 bits per heavy atom. The van der Waals surface area contributed by atoms with Crippen LogP contribution >= 0.6 is 0 Å². The monoisotopic (exact) mass is 258 g/mol. The van der Waals surface area contributed by atoms with E-state index in [0.29, 0.717) is 12.1 Å². The first-order valence-corrected chi connectivity index (χ1v) is 7.42. The Morgan fingerprint density at radius 1 is 1.44 bits per heavy atom. The molecule has 1 saturated heterocycles. The fourth-order valence-corrected chi connectivity index (χ4v) is 2.40. The van der Waals surface area contributed by atoms with Crippen LogP contribution in [0.4, 0.5) is 0 Å². The summed E-state index contributed by atoms with van der Waals surface area (Å²) in [6, 6.07) is 0.553. The molecule has 4 nitrogen and oxygen atoms in total. The van der Waals surface area contributed by atoms with E-state index in [9.17, 15) is 0 Å². The van der Waals surface area contributed by atoms with Gasteiger partial charge in [0, 0.05) is 38.9 Å². The molecule has 0 aliphatic carbocycles. The third-order valence-electron chi connectivity index (χ3n) is 3.59. The maximum atomic E-state index is 5.60. The highest BCUT2D eigenvalue weighted by molar-refractivity contribution is 4.72. The quantitative estimate of drug-likeness (QED) is 0.602. The molecule has 0 bridgehead atoms. The molecule has 108 valence electrons. The van der Waals surface area contributed by atoms with Crippen LogP contribution in [0.1, 0.15) is 33.6 Å². The lowest BCUT2D eigenvalue weighted by Crippen LogP contribution is -2.43. The van der Waals surface area contributed by atoms with Crippen LogP contribution in [0.5, 0.6) is 0 Å². The van der Waals surface area contributed by atoms with Gasteiger partial charge >= 0.3 is 0 Å². The Balaban J connectivity index is 2.09. The van der Waals surface area contributed by atoms with Gasteiger partial charge in [0.05, 0.1) is 12.7 Å². The summed E-state index contributed by atoms with van der Waals surface area (Å²) in [5, 5.41) is 3.52. The van der Waals surface area contributed by atoms with E-state index in [4.69, 9.17) is 9.47 Å². The molecule has 0 amide bonds. The van der Waals surface area contributed by atoms with Crippen LogP contribution in [0.2, 0.25) is 0 Å². The summed E-state index contributed by atoms with van der Waals surface area (Å²) in [7, 11) is 0. The van der Waals surface area contributed by atoms with Crippen molar-refractivity contribution in [3.8, 4) is 0 Å². The van der Waals surface area contributed by atoms with Crippen LogP contribution in [-0.2, 0) is 9.47 Å². The summed E-state index contributed by atoms with van der Waals surface area (Å²) < 4.78 is 11.0. The molecule has 4 heteroatoms. The lowest BCUT2D eigenvalue weighted by Gasteiger charge is -2.28. The topological polar surface area (TPSA) is 33.7 Å². The first-order chi connectivity index (χ1) is 8.77. The van der Waals surface area contributed by atoms with Crippen LogP contribution in [0.15, 0.2) is 0 Å². The van der Waals surface area contributed by atoms with E-state index in [1.165, 1.54) is 12.8 Å². The van der Waals surface area contributed by atoms with Crippen molar-refractivity contribution in [1.82, 2.24) is 10.2 Å². The smallest absolute Gasteiger partial charge is 0.0700 e. The molecule has 1 fully saturated rings. The number of ether oxygens (including phenoxy) is 2. The minimum absolute atomic E-state index is 0.440.